The summed E-state index contributed by atoms with van der Waals surface area (Å²) in [7, 11) is 3.70. The molecule has 174 valence electrons. The minimum Gasteiger partial charge on any atom is -0.362 e. The van der Waals surface area contributed by atoms with Gasteiger partial charge in [0, 0.05) is 27.2 Å². The molecular formula is C30H39N3. The standard InChI is InChI=1S/C15H18N2.C11H10.C2H5N.C2H6/c1-3-16-12-17(2)11-14-9-6-8-13-7-4-5-10-15(13)14;1-9-5-4-7-10-6-2-3-8-11(9)10;1-3-2;1-2/h4-10,12H,3,11H2,1-2H3;2-8H,1H3;1H2,2H3;1-2H3. The van der Waals surface area contributed by atoms with Gasteiger partial charge in [-0.1, -0.05) is 98.8 Å². The van der Waals surface area contributed by atoms with Crippen molar-refractivity contribution in [3.8, 4) is 0 Å². The second-order valence-corrected chi connectivity index (χ2v) is 7.28. The minimum absolute atomic E-state index is 0.833. The zero-order chi connectivity index (χ0) is 24.5. The lowest BCUT2D eigenvalue weighted by atomic mass is 10.0. The summed E-state index contributed by atoms with van der Waals surface area (Å²) in [6.07, 6.45) is 1.90. The van der Waals surface area contributed by atoms with E-state index in [2.05, 4.69) is 121 Å². The van der Waals surface area contributed by atoms with E-state index in [0.29, 0.717) is 0 Å². The van der Waals surface area contributed by atoms with Gasteiger partial charge in [-0.05, 0) is 53.2 Å². The first kappa shape index (κ1) is 27.6. The van der Waals surface area contributed by atoms with Gasteiger partial charge < -0.3 is 9.89 Å². The summed E-state index contributed by atoms with van der Waals surface area (Å²) in [5.74, 6) is 0. The number of rotatable bonds is 4. The van der Waals surface area contributed by atoms with E-state index < -0.39 is 0 Å². The second kappa shape index (κ2) is 16.2. The van der Waals surface area contributed by atoms with Gasteiger partial charge in [0.25, 0.3) is 0 Å². The third-order valence-electron chi connectivity index (χ3n) is 4.77. The number of fused-ring (bicyclic) bond motifs is 2. The molecule has 0 aliphatic heterocycles. The molecule has 0 N–H and O–H groups in total. The van der Waals surface area contributed by atoms with Gasteiger partial charge in [0.1, 0.15) is 0 Å². The average molecular weight is 442 g/mol. The number of hydrogen-bond donors (Lipinski definition) is 0. The van der Waals surface area contributed by atoms with Crippen molar-refractivity contribution in [2.45, 2.75) is 34.2 Å². The van der Waals surface area contributed by atoms with E-state index in [1.807, 2.05) is 27.1 Å². The van der Waals surface area contributed by atoms with E-state index >= 15 is 0 Å². The molecule has 3 nitrogen and oxygen atoms in total. The lowest BCUT2D eigenvalue weighted by molar-refractivity contribution is 0.516. The predicted molar refractivity (Wildman–Crippen MR) is 150 cm³/mol. The predicted octanol–water partition coefficient (Wildman–Crippen LogP) is 7.81. The van der Waals surface area contributed by atoms with Gasteiger partial charge in [-0.2, -0.15) is 0 Å². The lowest BCUT2D eigenvalue weighted by Gasteiger charge is -2.14. The van der Waals surface area contributed by atoms with Gasteiger partial charge in [0.05, 0.1) is 6.34 Å². The van der Waals surface area contributed by atoms with Crippen molar-refractivity contribution in [3.63, 3.8) is 0 Å². The summed E-state index contributed by atoms with van der Waals surface area (Å²) in [5, 5.41) is 5.31. The molecule has 0 radical (unpaired) electrons. The molecule has 0 saturated heterocycles. The molecule has 0 unspecified atom stereocenters. The average Bonchev–Trinajstić information content (AvgIpc) is 2.85. The van der Waals surface area contributed by atoms with E-state index in [-0.39, 0.29) is 0 Å². The molecule has 4 aromatic carbocycles. The number of nitrogens with zero attached hydrogens (tertiary/aromatic N) is 3. The fourth-order valence-corrected chi connectivity index (χ4v) is 3.35. The molecule has 0 aromatic heterocycles. The highest BCUT2D eigenvalue weighted by Crippen LogP contribution is 2.19. The molecule has 4 rings (SSSR count). The Balaban J connectivity index is 0.000000292. The monoisotopic (exact) mass is 441 g/mol. The SMILES string of the molecule is C=NC.CC.CCN=CN(C)Cc1cccc2ccccc12.Cc1cccc2ccccc12. The molecule has 0 saturated carbocycles. The zero-order valence-electron chi connectivity index (χ0n) is 21.1. The Labute approximate surface area is 200 Å². The van der Waals surface area contributed by atoms with E-state index in [1.54, 1.807) is 7.05 Å². The Morgan fingerprint density at radius 1 is 0.788 bits per heavy atom. The van der Waals surface area contributed by atoms with Crippen LogP contribution in [0.15, 0.2) is 94.9 Å². The van der Waals surface area contributed by atoms with Crippen molar-refractivity contribution in [3.05, 3.63) is 96.1 Å². The van der Waals surface area contributed by atoms with Gasteiger partial charge in [-0.3, -0.25) is 4.99 Å². The summed E-state index contributed by atoms with van der Waals surface area (Å²) in [6, 6.07) is 29.8. The molecular weight excluding hydrogens is 402 g/mol. The third-order valence-corrected chi connectivity index (χ3v) is 4.77. The van der Waals surface area contributed by atoms with Crippen LogP contribution in [-0.4, -0.2) is 38.6 Å². The lowest BCUT2D eigenvalue weighted by Crippen LogP contribution is -2.15. The summed E-state index contributed by atoms with van der Waals surface area (Å²) in [5.41, 5.74) is 2.69. The van der Waals surface area contributed by atoms with Crippen LogP contribution in [0.5, 0.6) is 0 Å². The van der Waals surface area contributed by atoms with Crippen molar-refractivity contribution in [2.75, 3.05) is 20.6 Å². The van der Waals surface area contributed by atoms with Crippen LogP contribution in [0.3, 0.4) is 0 Å². The molecule has 0 spiro atoms. The number of hydrogen-bond acceptors (Lipinski definition) is 2. The smallest absolute Gasteiger partial charge is 0.0850 e. The third kappa shape index (κ3) is 9.28. The van der Waals surface area contributed by atoms with Gasteiger partial charge >= 0.3 is 0 Å². The first-order valence-electron chi connectivity index (χ1n) is 11.6. The van der Waals surface area contributed by atoms with Crippen molar-refractivity contribution < 1.29 is 0 Å². The molecule has 0 fully saturated rings. The van der Waals surface area contributed by atoms with Crippen LogP contribution in [0.4, 0.5) is 0 Å². The Morgan fingerprint density at radius 2 is 1.27 bits per heavy atom. The fraction of sp³-hybridized carbons (Fsp3) is 0.267. The van der Waals surface area contributed by atoms with E-state index in [4.69, 9.17) is 0 Å². The summed E-state index contributed by atoms with van der Waals surface area (Å²) in [4.78, 5) is 9.62. The van der Waals surface area contributed by atoms with Crippen LogP contribution in [0, 0.1) is 6.92 Å². The summed E-state index contributed by atoms with van der Waals surface area (Å²) in [6.45, 7) is 13.0. The van der Waals surface area contributed by atoms with Crippen LogP contribution in [-0.2, 0) is 6.54 Å². The van der Waals surface area contributed by atoms with Crippen molar-refractivity contribution in [1.82, 2.24) is 4.90 Å². The van der Waals surface area contributed by atoms with Crippen LogP contribution in [0.1, 0.15) is 31.9 Å². The molecule has 0 heterocycles. The minimum atomic E-state index is 0.833. The Bertz CT molecular complexity index is 1100. The Kier molecular flexibility index (Phi) is 13.5. The number of aliphatic imine (C=N–C) groups is 2. The maximum absolute atomic E-state index is 4.25. The normalized spacial score (nSPS) is 9.76. The van der Waals surface area contributed by atoms with Gasteiger partial charge in [0.2, 0.25) is 0 Å². The maximum Gasteiger partial charge on any atom is 0.0850 e. The van der Waals surface area contributed by atoms with Crippen LogP contribution >= 0.6 is 0 Å². The Morgan fingerprint density at radius 3 is 1.85 bits per heavy atom. The van der Waals surface area contributed by atoms with Crippen molar-refractivity contribution in [1.29, 1.82) is 0 Å². The Hall–Kier alpha value is -3.46. The first-order valence-corrected chi connectivity index (χ1v) is 11.6. The number of aryl methyl sites for hydroxylation is 1. The molecule has 0 bridgehead atoms. The van der Waals surface area contributed by atoms with Gasteiger partial charge in [0.15, 0.2) is 0 Å². The van der Waals surface area contributed by atoms with Gasteiger partial charge in [-0.25, -0.2) is 0 Å². The van der Waals surface area contributed by atoms with Gasteiger partial charge in [-0.15, -0.1) is 0 Å². The second-order valence-electron chi connectivity index (χ2n) is 7.28. The molecule has 4 aromatic rings. The topological polar surface area (TPSA) is 28.0 Å². The zero-order valence-corrected chi connectivity index (χ0v) is 21.1. The summed E-state index contributed by atoms with van der Waals surface area (Å²) >= 11 is 0. The van der Waals surface area contributed by atoms with Crippen LogP contribution in [0.2, 0.25) is 0 Å². The largest absolute Gasteiger partial charge is 0.362 e. The van der Waals surface area contributed by atoms with Crippen molar-refractivity contribution >= 4 is 34.6 Å². The molecule has 0 aliphatic carbocycles. The highest BCUT2D eigenvalue weighted by molar-refractivity contribution is 5.86. The number of benzene rings is 4. The molecule has 33 heavy (non-hydrogen) atoms. The summed E-state index contributed by atoms with van der Waals surface area (Å²) < 4.78 is 0. The molecule has 0 atom stereocenters. The molecule has 0 aliphatic rings. The van der Waals surface area contributed by atoms with Crippen LogP contribution < -0.4 is 0 Å². The van der Waals surface area contributed by atoms with E-state index in [0.717, 1.165) is 13.1 Å². The van der Waals surface area contributed by atoms with E-state index in [1.165, 1.54) is 32.7 Å². The quantitative estimate of drug-likeness (QED) is 0.234. The van der Waals surface area contributed by atoms with Crippen LogP contribution in [0.25, 0.3) is 21.5 Å². The fourth-order valence-electron chi connectivity index (χ4n) is 3.35. The van der Waals surface area contributed by atoms with E-state index in [9.17, 15) is 0 Å². The highest BCUT2D eigenvalue weighted by Gasteiger charge is 2.01. The van der Waals surface area contributed by atoms with Crippen molar-refractivity contribution in [2.24, 2.45) is 9.98 Å². The first-order chi connectivity index (χ1) is 16.1. The highest BCUT2D eigenvalue weighted by atomic mass is 15.1. The maximum atomic E-state index is 4.25. The molecule has 0 amide bonds. The molecule has 3 heteroatoms.